The van der Waals surface area contributed by atoms with Crippen LogP contribution in [-0.4, -0.2) is 12.1 Å². The highest BCUT2D eigenvalue weighted by Gasteiger charge is 2.46. The van der Waals surface area contributed by atoms with Crippen LogP contribution in [0.4, 0.5) is 13.2 Å². The normalized spacial score (nSPS) is 17.3. The Labute approximate surface area is 130 Å². The SMILES string of the molecule is O=C1CC(C(F)(F)F)c2ccc(OCc3ccccc3)cc2O1. The molecule has 0 N–H and O–H groups in total. The van der Waals surface area contributed by atoms with Crippen molar-refractivity contribution in [2.45, 2.75) is 25.1 Å². The fourth-order valence-electron chi connectivity index (χ4n) is 2.45. The number of rotatable bonds is 3. The number of ether oxygens (including phenoxy) is 2. The van der Waals surface area contributed by atoms with Crippen LogP contribution in [0.25, 0.3) is 0 Å². The predicted molar refractivity (Wildman–Crippen MR) is 76.3 cm³/mol. The Morgan fingerprint density at radius 3 is 2.57 bits per heavy atom. The van der Waals surface area contributed by atoms with E-state index in [1.54, 1.807) is 0 Å². The molecule has 23 heavy (non-hydrogen) atoms. The highest BCUT2D eigenvalue weighted by molar-refractivity contribution is 5.77. The Bertz CT molecular complexity index is 711. The van der Waals surface area contributed by atoms with Gasteiger partial charge in [0.15, 0.2) is 0 Å². The molecule has 0 amide bonds. The predicted octanol–water partition coefficient (Wildman–Crippen LogP) is 4.22. The first-order valence-electron chi connectivity index (χ1n) is 7.01. The molecule has 120 valence electrons. The topological polar surface area (TPSA) is 35.5 Å². The van der Waals surface area contributed by atoms with Crippen molar-refractivity contribution in [3.63, 3.8) is 0 Å². The summed E-state index contributed by atoms with van der Waals surface area (Å²) in [6.07, 6.45) is -5.18. The van der Waals surface area contributed by atoms with Crippen LogP contribution in [0.15, 0.2) is 48.5 Å². The Kier molecular flexibility index (Phi) is 3.98. The van der Waals surface area contributed by atoms with Crippen molar-refractivity contribution < 1.29 is 27.4 Å². The fraction of sp³-hybridized carbons (Fsp3) is 0.235. The summed E-state index contributed by atoms with van der Waals surface area (Å²) in [6, 6.07) is 13.4. The Morgan fingerprint density at radius 1 is 1.13 bits per heavy atom. The van der Waals surface area contributed by atoms with E-state index in [-0.39, 0.29) is 17.9 Å². The number of esters is 1. The van der Waals surface area contributed by atoms with Crippen LogP contribution >= 0.6 is 0 Å². The lowest BCUT2D eigenvalue weighted by atomic mass is 9.92. The lowest BCUT2D eigenvalue weighted by Crippen LogP contribution is -2.30. The molecule has 0 fully saturated rings. The third-order valence-electron chi connectivity index (χ3n) is 3.60. The average molecular weight is 322 g/mol. The zero-order chi connectivity index (χ0) is 16.4. The van der Waals surface area contributed by atoms with Gasteiger partial charge in [-0.05, 0) is 11.6 Å². The molecule has 6 heteroatoms. The lowest BCUT2D eigenvalue weighted by Gasteiger charge is -2.26. The van der Waals surface area contributed by atoms with Crippen molar-refractivity contribution in [3.8, 4) is 11.5 Å². The number of hydrogen-bond acceptors (Lipinski definition) is 3. The molecule has 2 aromatic carbocycles. The molecule has 2 aromatic rings. The highest BCUT2D eigenvalue weighted by Crippen LogP contribution is 2.45. The van der Waals surface area contributed by atoms with Crippen LogP contribution in [0, 0.1) is 0 Å². The molecule has 1 unspecified atom stereocenters. The first kappa shape index (κ1) is 15.4. The molecule has 1 aliphatic heterocycles. The van der Waals surface area contributed by atoms with Gasteiger partial charge in [0.05, 0.1) is 12.3 Å². The standard InChI is InChI=1S/C17H13F3O3/c18-17(19,20)14-9-16(21)23-15-8-12(6-7-13(14)15)22-10-11-4-2-1-3-5-11/h1-8,14H,9-10H2. The summed E-state index contributed by atoms with van der Waals surface area (Å²) in [5.41, 5.74) is 0.888. The number of halogens is 3. The van der Waals surface area contributed by atoms with Gasteiger partial charge in [-0.1, -0.05) is 36.4 Å². The molecule has 3 rings (SSSR count). The van der Waals surface area contributed by atoms with E-state index in [0.717, 1.165) is 5.56 Å². The van der Waals surface area contributed by atoms with E-state index in [0.29, 0.717) is 5.75 Å². The van der Waals surface area contributed by atoms with Gasteiger partial charge in [0, 0.05) is 11.6 Å². The molecule has 0 spiro atoms. The van der Waals surface area contributed by atoms with E-state index in [2.05, 4.69) is 0 Å². The maximum Gasteiger partial charge on any atom is 0.396 e. The molecule has 1 aliphatic rings. The van der Waals surface area contributed by atoms with E-state index < -0.39 is 24.5 Å². The second kappa shape index (κ2) is 5.95. The minimum Gasteiger partial charge on any atom is -0.489 e. The third-order valence-corrected chi connectivity index (χ3v) is 3.60. The minimum atomic E-state index is -4.49. The number of carbonyl (C=O) groups excluding carboxylic acids is 1. The summed E-state index contributed by atoms with van der Waals surface area (Å²) in [6.45, 7) is 0.274. The van der Waals surface area contributed by atoms with E-state index in [1.165, 1.54) is 18.2 Å². The van der Waals surface area contributed by atoms with Gasteiger partial charge in [0.25, 0.3) is 0 Å². The molecule has 1 heterocycles. The summed E-state index contributed by atoms with van der Waals surface area (Å²) in [4.78, 5) is 11.4. The van der Waals surface area contributed by atoms with Crippen LogP contribution in [0.2, 0.25) is 0 Å². The molecule has 0 radical (unpaired) electrons. The van der Waals surface area contributed by atoms with Gasteiger partial charge in [0.1, 0.15) is 18.1 Å². The van der Waals surface area contributed by atoms with Gasteiger partial charge in [-0.15, -0.1) is 0 Å². The zero-order valence-corrected chi connectivity index (χ0v) is 12.0. The Hall–Kier alpha value is -2.50. The molecular formula is C17H13F3O3. The number of hydrogen-bond donors (Lipinski definition) is 0. The summed E-state index contributed by atoms with van der Waals surface area (Å²) in [5.74, 6) is -2.46. The average Bonchev–Trinajstić information content (AvgIpc) is 2.52. The Balaban J connectivity index is 1.81. The molecule has 0 saturated heterocycles. The first-order valence-corrected chi connectivity index (χ1v) is 7.01. The number of alkyl halides is 3. The maximum absolute atomic E-state index is 13.0. The van der Waals surface area contributed by atoms with Gasteiger partial charge >= 0.3 is 12.1 Å². The van der Waals surface area contributed by atoms with Gasteiger partial charge in [0.2, 0.25) is 0 Å². The van der Waals surface area contributed by atoms with E-state index in [9.17, 15) is 18.0 Å². The molecule has 0 aliphatic carbocycles. The molecule has 0 saturated carbocycles. The summed E-state index contributed by atoms with van der Waals surface area (Å²) in [5, 5.41) is 0. The maximum atomic E-state index is 13.0. The second-order valence-electron chi connectivity index (χ2n) is 5.25. The Morgan fingerprint density at radius 2 is 1.87 bits per heavy atom. The van der Waals surface area contributed by atoms with Crippen molar-refractivity contribution in [2.24, 2.45) is 0 Å². The van der Waals surface area contributed by atoms with Gasteiger partial charge in [-0.25, -0.2) is 0 Å². The zero-order valence-electron chi connectivity index (χ0n) is 12.0. The summed E-state index contributed by atoms with van der Waals surface area (Å²) >= 11 is 0. The van der Waals surface area contributed by atoms with E-state index >= 15 is 0 Å². The van der Waals surface area contributed by atoms with Gasteiger partial charge < -0.3 is 9.47 Å². The fourth-order valence-corrected chi connectivity index (χ4v) is 2.45. The van der Waals surface area contributed by atoms with Crippen molar-refractivity contribution in [2.75, 3.05) is 0 Å². The first-order chi connectivity index (χ1) is 10.9. The van der Waals surface area contributed by atoms with Crippen LogP contribution in [-0.2, 0) is 11.4 Å². The van der Waals surface area contributed by atoms with Gasteiger partial charge in [-0.2, -0.15) is 13.2 Å². The van der Waals surface area contributed by atoms with E-state index in [4.69, 9.17) is 9.47 Å². The molecule has 3 nitrogen and oxygen atoms in total. The highest BCUT2D eigenvalue weighted by atomic mass is 19.4. The molecule has 0 bridgehead atoms. The van der Waals surface area contributed by atoms with Crippen molar-refractivity contribution in [3.05, 3.63) is 59.7 Å². The molecular weight excluding hydrogens is 309 g/mol. The number of benzene rings is 2. The quantitative estimate of drug-likeness (QED) is 0.627. The number of carbonyl (C=O) groups is 1. The van der Waals surface area contributed by atoms with Crippen LogP contribution in [0.1, 0.15) is 23.5 Å². The largest absolute Gasteiger partial charge is 0.489 e. The minimum absolute atomic E-state index is 0.0378. The van der Waals surface area contributed by atoms with Crippen molar-refractivity contribution >= 4 is 5.97 Å². The van der Waals surface area contributed by atoms with Gasteiger partial charge in [-0.3, -0.25) is 4.79 Å². The molecule has 1 atom stereocenters. The summed E-state index contributed by atoms with van der Waals surface area (Å²) in [7, 11) is 0. The second-order valence-corrected chi connectivity index (χ2v) is 5.25. The van der Waals surface area contributed by atoms with Crippen LogP contribution in [0.5, 0.6) is 11.5 Å². The van der Waals surface area contributed by atoms with Crippen LogP contribution < -0.4 is 9.47 Å². The summed E-state index contributed by atoms with van der Waals surface area (Å²) < 4.78 is 49.5. The lowest BCUT2D eigenvalue weighted by molar-refractivity contribution is -0.165. The number of fused-ring (bicyclic) bond motifs is 1. The van der Waals surface area contributed by atoms with E-state index in [1.807, 2.05) is 30.3 Å². The third kappa shape index (κ3) is 3.47. The molecule has 0 aromatic heterocycles. The van der Waals surface area contributed by atoms with Crippen molar-refractivity contribution in [1.82, 2.24) is 0 Å². The smallest absolute Gasteiger partial charge is 0.396 e. The van der Waals surface area contributed by atoms with Crippen LogP contribution in [0.3, 0.4) is 0 Å². The van der Waals surface area contributed by atoms with Crippen molar-refractivity contribution in [1.29, 1.82) is 0 Å². The monoisotopic (exact) mass is 322 g/mol.